The zero-order valence-corrected chi connectivity index (χ0v) is 19.7. The number of esters is 1. The van der Waals surface area contributed by atoms with Crippen LogP contribution in [0.4, 0.5) is 0 Å². The summed E-state index contributed by atoms with van der Waals surface area (Å²) in [5.41, 5.74) is 2.84. The highest BCUT2D eigenvalue weighted by atomic mass is 16.6. The van der Waals surface area contributed by atoms with Crippen molar-refractivity contribution in [3.63, 3.8) is 0 Å². The molecule has 0 N–H and O–H groups in total. The molecule has 1 unspecified atom stereocenters. The molecule has 0 spiro atoms. The summed E-state index contributed by atoms with van der Waals surface area (Å²) in [6.45, 7) is 4.20. The van der Waals surface area contributed by atoms with Gasteiger partial charge >= 0.3 is 5.97 Å². The van der Waals surface area contributed by atoms with E-state index in [-0.39, 0.29) is 17.8 Å². The summed E-state index contributed by atoms with van der Waals surface area (Å²) in [4.78, 5) is 12.2. The minimum atomic E-state index is -0.385. The van der Waals surface area contributed by atoms with Gasteiger partial charge in [0.2, 0.25) is 5.76 Å². The van der Waals surface area contributed by atoms with Crippen LogP contribution in [-0.2, 0) is 14.3 Å². The fourth-order valence-electron chi connectivity index (χ4n) is 3.08. The molecule has 33 heavy (non-hydrogen) atoms. The third-order valence-electron chi connectivity index (χ3n) is 4.95. The van der Waals surface area contributed by atoms with Crippen molar-refractivity contribution in [1.82, 2.24) is 15.4 Å². The number of hydrogen-bond acceptors (Lipinski definition) is 6. The lowest BCUT2D eigenvalue weighted by Gasteiger charge is -2.16. The minimum absolute atomic E-state index is 0.0293. The van der Waals surface area contributed by atoms with Gasteiger partial charge in [0.15, 0.2) is 0 Å². The average molecular weight is 448 g/mol. The number of hydrogen-bond donors (Lipinski definition) is 0. The Morgan fingerprint density at radius 2 is 1.67 bits per heavy atom. The molecule has 1 atom stereocenters. The van der Waals surface area contributed by atoms with E-state index in [1.165, 1.54) is 20.0 Å². The van der Waals surface area contributed by atoms with Crippen molar-refractivity contribution in [2.75, 3.05) is 7.11 Å². The quantitative estimate of drug-likeness (QED) is 0.161. The van der Waals surface area contributed by atoms with E-state index in [0.717, 1.165) is 36.1 Å². The maximum absolute atomic E-state index is 12.2. The summed E-state index contributed by atoms with van der Waals surface area (Å²) >= 11 is 0. The molecule has 2 aromatic carbocycles. The van der Waals surface area contributed by atoms with Crippen molar-refractivity contribution in [2.45, 2.75) is 52.1 Å². The number of rotatable bonds is 10. The van der Waals surface area contributed by atoms with Crippen LogP contribution in [-0.4, -0.2) is 34.6 Å². The number of nitrogens with zero attached hydrogens (tertiary/aromatic N) is 3. The minimum Gasteiger partial charge on any atom is -0.490 e. The Labute approximate surface area is 196 Å². The highest BCUT2D eigenvalue weighted by Crippen LogP contribution is 2.15. The van der Waals surface area contributed by atoms with E-state index in [1.54, 1.807) is 12.3 Å². The van der Waals surface area contributed by atoms with Gasteiger partial charge in [-0.15, -0.1) is 10.2 Å². The third kappa shape index (κ3) is 9.64. The smallest absolute Gasteiger partial charge is 0.373 e. The van der Waals surface area contributed by atoms with E-state index in [2.05, 4.69) is 22.3 Å². The number of ether oxygens (including phenoxy) is 2. The molecule has 0 aliphatic heterocycles. The molecule has 0 saturated heterocycles. The molecule has 0 aliphatic rings. The predicted octanol–water partition coefficient (Wildman–Crippen LogP) is 6.11. The Kier molecular flexibility index (Phi) is 11.9. The SMILES string of the molecule is CCCCCC(CC)OC(=O)C(=Cc1ccccc1)OC.c1ccc(-c2ccnnn2)cc1. The molecule has 1 aromatic heterocycles. The fraction of sp³-hybridized carbons (Fsp3) is 0.333. The number of unbranched alkanes of at least 4 members (excludes halogenated alkanes) is 2. The molecule has 0 fully saturated rings. The number of carbonyl (C=O) groups is 1. The summed E-state index contributed by atoms with van der Waals surface area (Å²) in [6, 6.07) is 21.3. The lowest BCUT2D eigenvalue weighted by molar-refractivity contribution is -0.148. The summed E-state index contributed by atoms with van der Waals surface area (Å²) < 4.78 is 10.7. The normalized spacial score (nSPS) is 11.7. The Hall–Kier alpha value is -3.54. The van der Waals surface area contributed by atoms with Crippen LogP contribution in [0.15, 0.2) is 78.7 Å². The van der Waals surface area contributed by atoms with Crippen molar-refractivity contribution in [2.24, 2.45) is 0 Å². The van der Waals surface area contributed by atoms with Gasteiger partial charge in [0.1, 0.15) is 6.10 Å². The Balaban J connectivity index is 0.000000268. The topological polar surface area (TPSA) is 74.2 Å². The van der Waals surface area contributed by atoms with E-state index in [9.17, 15) is 4.79 Å². The molecular formula is C27H33N3O3. The largest absolute Gasteiger partial charge is 0.490 e. The van der Waals surface area contributed by atoms with Crippen LogP contribution in [0.25, 0.3) is 17.3 Å². The second-order valence-electron chi connectivity index (χ2n) is 7.43. The molecule has 0 bridgehead atoms. The van der Waals surface area contributed by atoms with Crippen LogP contribution in [0.3, 0.4) is 0 Å². The van der Waals surface area contributed by atoms with Gasteiger partial charge in [0.05, 0.1) is 19.0 Å². The second kappa shape index (κ2) is 15.3. The van der Waals surface area contributed by atoms with Gasteiger partial charge in [-0.3, -0.25) is 0 Å². The van der Waals surface area contributed by atoms with Crippen molar-refractivity contribution in [3.8, 4) is 11.3 Å². The van der Waals surface area contributed by atoms with Crippen LogP contribution in [0.1, 0.15) is 51.5 Å². The van der Waals surface area contributed by atoms with Crippen LogP contribution in [0.2, 0.25) is 0 Å². The van der Waals surface area contributed by atoms with E-state index in [4.69, 9.17) is 9.47 Å². The van der Waals surface area contributed by atoms with Gasteiger partial charge in [-0.25, -0.2) is 4.79 Å². The lowest BCUT2D eigenvalue weighted by Crippen LogP contribution is -2.19. The summed E-state index contributed by atoms with van der Waals surface area (Å²) in [6.07, 6.45) is 8.49. The van der Waals surface area contributed by atoms with Crippen LogP contribution >= 0.6 is 0 Å². The first-order valence-electron chi connectivity index (χ1n) is 11.4. The van der Waals surface area contributed by atoms with Crippen molar-refractivity contribution in [1.29, 1.82) is 0 Å². The molecule has 0 saturated carbocycles. The predicted molar refractivity (Wildman–Crippen MR) is 131 cm³/mol. The van der Waals surface area contributed by atoms with Crippen molar-refractivity contribution < 1.29 is 14.3 Å². The third-order valence-corrected chi connectivity index (χ3v) is 4.95. The van der Waals surface area contributed by atoms with Crippen LogP contribution < -0.4 is 0 Å². The molecule has 6 nitrogen and oxygen atoms in total. The number of aromatic nitrogens is 3. The molecule has 174 valence electrons. The number of carbonyl (C=O) groups excluding carboxylic acids is 1. The first kappa shape index (κ1) is 25.7. The standard InChI is InChI=1S/C18H26O3.C9H7N3/c1-4-6-8-13-16(5-2)21-18(19)17(20-3)14-15-11-9-7-10-12-15;1-2-4-8(5-3-1)9-6-7-10-12-11-9/h7,9-12,14,16H,4-6,8,13H2,1-3H3;1-7H. The molecule has 1 heterocycles. The monoisotopic (exact) mass is 447 g/mol. The number of methoxy groups -OCH3 is 1. The Morgan fingerprint density at radius 3 is 2.24 bits per heavy atom. The highest BCUT2D eigenvalue weighted by Gasteiger charge is 2.17. The second-order valence-corrected chi connectivity index (χ2v) is 7.43. The first-order chi connectivity index (χ1) is 16.2. The van der Waals surface area contributed by atoms with E-state index in [1.807, 2.05) is 73.7 Å². The zero-order chi connectivity index (χ0) is 23.7. The maximum Gasteiger partial charge on any atom is 0.373 e. The van der Waals surface area contributed by atoms with Gasteiger partial charge in [-0.1, -0.05) is 87.4 Å². The van der Waals surface area contributed by atoms with Gasteiger partial charge < -0.3 is 9.47 Å². The van der Waals surface area contributed by atoms with E-state index < -0.39 is 0 Å². The molecule has 6 heteroatoms. The molecule has 3 aromatic rings. The van der Waals surface area contributed by atoms with Gasteiger partial charge in [-0.2, -0.15) is 0 Å². The number of benzene rings is 2. The summed E-state index contributed by atoms with van der Waals surface area (Å²) in [7, 11) is 1.49. The molecular weight excluding hydrogens is 414 g/mol. The lowest BCUT2D eigenvalue weighted by atomic mass is 10.1. The van der Waals surface area contributed by atoms with Gasteiger partial charge in [0, 0.05) is 5.56 Å². The molecule has 0 amide bonds. The fourth-order valence-corrected chi connectivity index (χ4v) is 3.08. The first-order valence-corrected chi connectivity index (χ1v) is 11.4. The molecule has 3 rings (SSSR count). The zero-order valence-electron chi connectivity index (χ0n) is 19.7. The van der Waals surface area contributed by atoms with Crippen LogP contribution in [0.5, 0.6) is 0 Å². The van der Waals surface area contributed by atoms with Crippen LogP contribution in [0, 0.1) is 0 Å². The molecule has 0 aliphatic carbocycles. The average Bonchev–Trinajstić information content (AvgIpc) is 2.88. The van der Waals surface area contributed by atoms with Gasteiger partial charge in [-0.05, 0) is 42.2 Å². The molecule has 0 radical (unpaired) electrons. The Morgan fingerprint density at radius 1 is 0.970 bits per heavy atom. The van der Waals surface area contributed by atoms with Gasteiger partial charge in [0.25, 0.3) is 0 Å². The van der Waals surface area contributed by atoms with Crippen molar-refractivity contribution in [3.05, 3.63) is 84.2 Å². The van der Waals surface area contributed by atoms with E-state index in [0.29, 0.717) is 0 Å². The summed E-state index contributed by atoms with van der Waals surface area (Å²) in [5.74, 6) is -0.139. The highest BCUT2D eigenvalue weighted by molar-refractivity contribution is 5.91. The maximum atomic E-state index is 12.2. The Bertz CT molecular complexity index is 911. The van der Waals surface area contributed by atoms with E-state index >= 15 is 0 Å². The van der Waals surface area contributed by atoms with Crippen molar-refractivity contribution >= 4 is 12.0 Å². The summed E-state index contributed by atoms with van der Waals surface area (Å²) in [5, 5.41) is 11.1.